The van der Waals surface area contributed by atoms with E-state index in [1.807, 2.05) is 0 Å². The molecule has 3 nitrogen and oxygen atoms in total. The van der Waals surface area contributed by atoms with Gasteiger partial charge in [-0.05, 0) is 73.6 Å². The third-order valence-electron chi connectivity index (χ3n) is 9.16. The largest absolute Gasteiger partial charge is 0.494 e. The fourth-order valence-electron chi connectivity index (χ4n) is 6.33. The van der Waals surface area contributed by atoms with E-state index in [2.05, 4.69) is 141 Å². The molecular weight excluding hydrogens is 489 g/mol. The highest BCUT2D eigenvalue weighted by Crippen LogP contribution is 2.40. The minimum atomic E-state index is -0.375. The number of hydrogen-bond donors (Lipinski definition) is 0. The lowest BCUT2D eigenvalue weighted by Gasteiger charge is -2.32. The highest BCUT2D eigenvalue weighted by molar-refractivity contribution is 6.62. The molecule has 0 radical (unpaired) electrons. The molecule has 0 amide bonds. The first-order chi connectivity index (χ1) is 19.3. The maximum absolute atomic E-state index is 6.33. The van der Waals surface area contributed by atoms with Crippen LogP contribution in [0.15, 0.2) is 109 Å². The van der Waals surface area contributed by atoms with Crippen LogP contribution in [-0.2, 0) is 9.31 Å². The van der Waals surface area contributed by atoms with Crippen molar-refractivity contribution >= 4 is 50.7 Å². The summed E-state index contributed by atoms with van der Waals surface area (Å²) in [4.78, 5) is 0. The summed E-state index contributed by atoms with van der Waals surface area (Å²) in [6.07, 6.45) is 0. The smallest absolute Gasteiger partial charge is 0.399 e. The third kappa shape index (κ3) is 3.33. The molecule has 0 unspecified atom stereocenters. The number of hydrogen-bond acceptors (Lipinski definition) is 2. The Balaban J connectivity index is 1.23. The first-order valence-electron chi connectivity index (χ1n) is 14.0. The molecule has 4 heteroatoms. The van der Waals surface area contributed by atoms with Crippen LogP contribution in [0, 0.1) is 0 Å². The van der Waals surface area contributed by atoms with Gasteiger partial charge in [0.15, 0.2) is 0 Å². The van der Waals surface area contributed by atoms with E-state index in [9.17, 15) is 0 Å². The van der Waals surface area contributed by atoms with E-state index in [4.69, 9.17) is 9.31 Å². The summed E-state index contributed by atoms with van der Waals surface area (Å²) in [5, 5.41) is 5.22. The van der Waals surface area contributed by atoms with Gasteiger partial charge in [0.2, 0.25) is 0 Å². The molecule has 2 aromatic heterocycles. The summed E-state index contributed by atoms with van der Waals surface area (Å²) in [5.74, 6) is 0. The number of para-hydroxylation sites is 2. The second kappa shape index (κ2) is 8.20. The van der Waals surface area contributed by atoms with Gasteiger partial charge >= 0.3 is 7.12 Å². The van der Waals surface area contributed by atoms with Crippen LogP contribution in [0.25, 0.3) is 60.3 Å². The second-order valence-electron chi connectivity index (χ2n) is 12.1. The molecule has 40 heavy (non-hydrogen) atoms. The normalized spacial score (nSPS) is 16.6. The van der Waals surface area contributed by atoms with E-state index in [1.54, 1.807) is 0 Å². The zero-order valence-corrected chi connectivity index (χ0v) is 23.2. The van der Waals surface area contributed by atoms with Crippen molar-refractivity contribution in [1.82, 2.24) is 4.40 Å². The molecule has 1 saturated heterocycles. The van der Waals surface area contributed by atoms with Crippen molar-refractivity contribution in [2.24, 2.45) is 0 Å². The van der Waals surface area contributed by atoms with Crippen molar-refractivity contribution in [3.05, 3.63) is 109 Å². The molecule has 5 aromatic carbocycles. The standard InChI is InChI=1S/C36H30BNO2/c1-35(2)36(3,4)40-37(39-35)27-13-8-12-25(21-27)23-10-7-11-24(20-23)26-18-19-29-31-16-9-15-30-28-14-5-6-17-32(28)38(34(30)31)33(29)22-26/h5-22H,1-4H3. The first kappa shape index (κ1) is 23.7. The second-order valence-corrected chi connectivity index (χ2v) is 12.1. The molecule has 1 fully saturated rings. The quantitative estimate of drug-likeness (QED) is 0.219. The van der Waals surface area contributed by atoms with E-state index >= 15 is 0 Å². The lowest BCUT2D eigenvalue weighted by molar-refractivity contribution is 0.00578. The Morgan fingerprint density at radius 1 is 0.500 bits per heavy atom. The van der Waals surface area contributed by atoms with Crippen molar-refractivity contribution in [2.75, 3.05) is 0 Å². The minimum absolute atomic E-state index is 0.364. The van der Waals surface area contributed by atoms with Crippen LogP contribution < -0.4 is 5.46 Å². The van der Waals surface area contributed by atoms with Gasteiger partial charge in [-0.1, -0.05) is 91.0 Å². The summed E-state index contributed by atoms with van der Waals surface area (Å²) in [7, 11) is -0.375. The lowest BCUT2D eigenvalue weighted by atomic mass is 9.78. The number of aromatic nitrogens is 1. The molecule has 0 saturated carbocycles. The molecular formula is C36H30BNO2. The summed E-state index contributed by atoms with van der Waals surface area (Å²) < 4.78 is 15.1. The van der Waals surface area contributed by atoms with Gasteiger partial charge in [0, 0.05) is 21.5 Å². The summed E-state index contributed by atoms with van der Waals surface area (Å²) in [6.45, 7) is 8.38. The Kier molecular flexibility index (Phi) is 4.87. The fraction of sp³-hybridized carbons (Fsp3) is 0.167. The number of fused-ring (bicyclic) bond motifs is 6. The Morgan fingerprint density at radius 3 is 1.77 bits per heavy atom. The predicted octanol–water partition coefficient (Wildman–Crippen LogP) is 8.47. The Bertz CT molecular complexity index is 2070. The van der Waals surface area contributed by atoms with Crippen LogP contribution in [0.5, 0.6) is 0 Å². The minimum Gasteiger partial charge on any atom is -0.399 e. The number of nitrogens with zero attached hydrogens (tertiary/aromatic N) is 1. The molecule has 0 atom stereocenters. The fourth-order valence-corrected chi connectivity index (χ4v) is 6.33. The van der Waals surface area contributed by atoms with Gasteiger partial charge in [-0.2, -0.15) is 0 Å². The van der Waals surface area contributed by atoms with Crippen molar-refractivity contribution in [1.29, 1.82) is 0 Å². The molecule has 1 aliphatic heterocycles. The van der Waals surface area contributed by atoms with Gasteiger partial charge in [-0.25, -0.2) is 0 Å². The molecule has 1 aliphatic rings. The van der Waals surface area contributed by atoms with Crippen molar-refractivity contribution in [3.8, 4) is 22.3 Å². The Labute approximate surface area is 234 Å². The van der Waals surface area contributed by atoms with Crippen LogP contribution in [-0.4, -0.2) is 22.7 Å². The molecule has 0 aliphatic carbocycles. The van der Waals surface area contributed by atoms with E-state index in [-0.39, 0.29) is 18.3 Å². The summed E-state index contributed by atoms with van der Waals surface area (Å²) in [5.41, 5.74) is 8.87. The average Bonchev–Trinajstić information content (AvgIpc) is 3.56. The Hall–Kier alpha value is -4.12. The van der Waals surface area contributed by atoms with E-state index in [0.29, 0.717) is 0 Å². The maximum Gasteiger partial charge on any atom is 0.494 e. The Morgan fingerprint density at radius 2 is 1.05 bits per heavy atom. The zero-order chi connectivity index (χ0) is 27.2. The van der Waals surface area contributed by atoms with Gasteiger partial charge in [0.05, 0.1) is 27.8 Å². The van der Waals surface area contributed by atoms with Crippen molar-refractivity contribution < 1.29 is 9.31 Å². The van der Waals surface area contributed by atoms with Crippen LogP contribution in [0.3, 0.4) is 0 Å². The third-order valence-corrected chi connectivity index (χ3v) is 9.16. The molecule has 0 bridgehead atoms. The highest BCUT2D eigenvalue weighted by atomic mass is 16.7. The predicted molar refractivity (Wildman–Crippen MR) is 168 cm³/mol. The van der Waals surface area contributed by atoms with E-state index < -0.39 is 0 Å². The van der Waals surface area contributed by atoms with E-state index in [1.165, 1.54) is 54.8 Å². The summed E-state index contributed by atoms with van der Waals surface area (Å²) >= 11 is 0. The average molecular weight is 519 g/mol. The zero-order valence-electron chi connectivity index (χ0n) is 23.2. The SMILES string of the molecule is CC1(C)OB(c2cccc(-c3cccc(-c4ccc5c6cccc7c8ccccc8n(c5c4)c76)c3)c2)OC1(C)C. The van der Waals surface area contributed by atoms with Gasteiger partial charge < -0.3 is 13.7 Å². The van der Waals surface area contributed by atoms with Crippen molar-refractivity contribution in [2.45, 2.75) is 38.9 Å². The highest BCUT2D eigenvalue weighted by Gasteiger charge is 2.51. The van der Waals surface area contributed by atoms with Crippen LogP contribution in [0.4, 0.5) is 0 Å². The van der Waals surface area contributed by atoms with Gasteiger partial charge in [0.1, 0.15) is 0 Å². The topological polar surface area (TPSA) is 22.9 Å². The molecule has 3 heterocycles. The van der Waals surface area contributed by atoms with Gasteiger partial charge in [-0.15, -0.1) is 0 Å². The summed E-state index contributed by atoms with van der Waals surface area (Å²) in [6, 6.07) is 39.6. The van der Waals surface area contributed by atoms with Crippen LogP contribution in [0.2, 0.25) is 0 Å². The number of benzene rings is 5. The van der Waals surface area contributed by atoms with Gasteiger partial charge in [-0.3, -0.25) is 0 Å². The van der Waals surface area contributed by atoms with E-state index in [0.717, 1.165) is 11.0 Å². The number of rotatable bonds is 3. The van der Waals surface area contributed by atoms with Crippen LogP contribution >= 0.6 is 0 Å². The maximum atomic E-state index is 6.33. The lowest BCUT2D eigenvalue weighted by Crippen LogP contribution is -2.41. The van der Waals surface area contributed by atoms with Gasteiger partial charge in [0.25, 0.3) is 0 Å². The molecule has 0 spiro atoms. The monoisotopic (exact) mass is 519 g/mol. The van der Waals surface area contributed by atoms with Crippen LogP contribution in [0.1, 0.15) is 27.7 Å². The first-order valence-corrected chi connectivity index (χ1v) is 14.0. The molecule has 7 aromatic rings. The molecule has 0 N–H and O–H groups in total. The van der Waals surface area contributed by atoms with Crippen molar-refractivity contribution in [3.63, 3.8) is 0 Å². The molecule has 8 rings (SSSR count). The molecule has 194 valence electrons.